The number of rotatable bonds is 3. The van der Waals surface area contributed by atoms with E-state index in [9.17, 15) is 4.79 Å². The molecule has 0 aromatic carbocycles. The SMILES string of the molecule is COc1cnc(Cl)nc1N1CC(CS)CC1=O. The van der Waals surface area contributed by atoms with Crippen LogP contribution in [0, 0.1) is 5.92 Å². The van der Waals surface area contributed by atoms with E-state index in [4.69, 9.17) is 16.3 Å². The van der Waals surface area contributed by atoms with Crippen LogP contribution in [0.3, 0.4) is 0 Å². The zero-order chi connectivity index (χ0) is 12.4. The summed E-state index contributed by atoms with van der Waals surface area (Å²) in [6.07, 6.45) is 1.94. The Hall–Kier alpha value is -1.01. The summed E-state index contributed by atoms with van der Waals surface area (Å²) < 4.78 is 5.13. The van der Waals surface area contributed by atoms with Gasteiger partial charge in [0, 0.05) is 13.0 Å². The van der Waals surface area contributed by atoms with Gasteiger partial charge in [0.2, 0.25) is 11.2 Å². The molecule has 1 saturated heterocycles. The highest BCUT2D eigenvalue weighted by molar-refractivity contribution is 7.80. The van der Waals surface area contributed by atoms with Crippen LogP contribution in [0.1, 0.15) is 6.42 Å². The summed E-state index contributed by atoms with van der Waals surface area (Å²) in [5, 5.41) is 0.0999. The van der Waals surface area contributed by atoms with E-state index in [0.29, 0.717) is 30.3 Å². The molecule has 1 atom stereocenters. The Labute approximate surface area is 110 Å². The third-order valence-electron chi connectivity index (χ3n) is 2.65. The van der Waals surface area contributed by atoms with E-state index in [-0.39, 0.29) is 17.1 Å². The van der Waals surface area contributed by atoms with Crippen LogP contribution in [0.25, 0.3) is 0 Å². The normalized spacial score (nSPS) is 19.8. The molecule has 2 rings (SSSR count). The summed E-state index contributed by atoms with van der Waals surface area (Å²) in [6, 6.07) is 0. The Morgan fingerprint density at radius 2 is 2.47 bits per heavy atom. The lowest BCUT2D eigenvalue weighted by Crippen LogP contribution is -2.26. The van der Waals surface area contributed by atoms with Crippen LogP contribution >= 0.6 is 24.2 Å². The molecule has 7 heteroatoms. The lowest BCUT2D eigenvalue weighted by Gasteiger charge is -2.17. The van der Waals surface area contributed by atoms with Gasteiger partial charge in [-0.25, -0.2) is 4.98 Å². The Balaban J connectivity index is 2.33. The van der Waals surface area contributed by atoms with Crippen molar-refractivity contribution in [3.63, 3.8) is 0 Å². The van der Waals surface area contributed by atoms with E-state index in [2.05, 4.69) is 22.6 Å². The first-order valence-electron chi connectivity index (χ1n) is 5.13. The van der Waals surface area contributed by atoms with E-state index in [1.54, 1.807) is 4.90 Å². The van der Waals surface area contributed by atoms with Crippen LogP contribution in [-0.2, 0) is 4.79 Å². The first kappa shape index (κ1) is 12.4. The van der Waals surface area contributed by atoms with Gasteiger partial charge in [0.15, 0.2) is 11.6 Å². The fourth-order valence-electron chi connectivity index (χ4n) is 1.79. The molecule has 0 saturated carbocycles. The van der Waals surface area contributed by atoms with Crippen molar-refractivity contribution >= 4 is 36.0 Å². The average Bonchev–Trinajstić information content (AvgIpc) is 2.70. The number of ether oxygens (including phenoxy) is 1. The third-order valence-corrected chi connectivity index (χ3v) is 3.34. The lowest BCUT2D eigenvalue weighted by atomic mass is 10.1. The van der Waals surface area contributed by atoms with Crippen LogP contribution in [0.4, 0.5) is 5.82 Å². The molecule has 0 spiro atoms. The van der Waals surface area contributed by atoms with Crippen LogP contribution in [0.2, 0.25) is 5.28 Å². The quantitative estimate of drug-likeness (QED) is 0.669. The fraction of sp³-hybridized carbons (Fsp3) is 0.500. The molecule has 2 heterocycles. The minimum Gasteiger partial charge on any atom is -0.491 e. The molecule has 0 aliphatic carbocycles. The topological polar surface area (TPSA) is 55.3 Å². The molecule has 1 aliphatic rings. The largest absolute Gasteiger partial charge is 0.491 e. The monoisotopic (exact) mass is 273 g/mol. The van der Waals surface area contributed by atoms with Crippen LogP contribution in [0.15, 0.2) is 6.20 Å². The summed E-state index contributed by atoms with van der Waals surface area (Å²) in [5.74, 6) is 1.80. The Morgan fingerprint density at radius 3 is 3.06 bits per heavy atom. The van der Waals surface area contributed by atoms with Crippen molar-refractivity contribution in [2.24, 2.45) is 5.92 Å². The number of methoxy groups -OCH3 is 1. The molecule has 1 fully saturated rings. The molecule has 17 heavy (non-hydrogen) atoms. The molecule has 1 aliphatic heterocycles. The summed E-state index contributed by atoms with van der Waals surface area (Å²) in [4.78, 5) is 21.3. The Morgan fingerprint density at radius 1 is 1.71 bits per heavy atom. The smallest absolute Gasteiger partial charge is 0.228 e. The van der Waals surface area contributed by atoms with E-state index in [1.165, 1.54) is 13.3 Å². The summed E-state index contributed by atoms with van der Waals surface area (Å²) in [6.45, 7) is 0.589. The first-order valence-corrected chi connectivity index (χ1v) is 6.14. The molecule has 0 N–H and O–H groups in total. The number of anilines is 1. The molecule has 0 bridgehead atoms. The maximum Gasteiger partial charge on any atom is 0.228 e. The molecular weight excluding hydrogens is 262 g/mol. The van der Waals surface area contributed by atoms with E-state index in [0.717, 1.165) is 0 Å². The van der Waals surface area contributed by atoms with Gasteiger partial charge >= 0.3 is 0 Å². The van der Waals surface area contributed by atoms with Crippen molar-refractivity contribution in [1.29, 1.82) is 0 Å². The number of nitrogens with zero attached hydrogens (tertiary/aromatic N) is 3. The van der Waals surface area contributed by atoms with Gasteiger partial charge in [-0.05, 0) is 23.3 Å². The van der Waals surface area contributed by atoms with Crippen molar-refractivity contribution in [3.05, 3.63) is 11.5 Å². The zero-order valence-electron chi connectivity index (χ0n) is 9.26. The number of amides is 1. The van der Waals surface area contributed by atoms with Gasteiger partial charge in [-0.2, -0.15) is 17.6 Å². The minimum atomic E-state index is 0.0112. The van der Waals surface area contributed by atoms with Gasteiger partial charge < -0.3 is 4.74 Å². The highest BCUT2D eigenvalue weighted by atomic mass is 35.5. The van der Waals surface area contributed by atoms with Gasteiger partial charge in [0.25, 0.3) is 0 Å². The van der Waals surface area contributed by atoms with Crippen molar-refractivity contribution in [2.45, 2.75) is 6.42 Å². The van der Waals surface area contributed by atoms with Gasteiger partial charge in [-0.15, -0.1) is 0 Å². The number of hydrogen-bond donors (Lipinski definition) is 1. The van der Waals surface area contributed by atoms with Gasteiger partial charge in [-0.1, -0.05) is 0 Å². The number of thiol groups is 1. The molecule has 1 amide bonds. The van der Waals surface area contributed by atoms with Crippen molar-refractivity contribution in [2.75, 3.05) is 24.3 Å². The van der Waals surface area contributed by atoms with Crippen LogP contribution < -0.4 is 9.64 Å². The second-order valence-electron chi connectivity index (χ2n) is 3.79. The van der Waals surface area contributed by atoms with Crippen LogP contribution in [0.5, 0.6) is 5.75 Å². The van der Waals surface area contributed by atoms with Crippen molar-refractivity contribution in [1.82, 2.24) is 9.97 Å². The average molecular weight is 274 g/mol. The summed E-state index contributed by atoms with van der Waals surface area (Å²) in [7, 11) is 1.51. The van der Waals surface area contributed by atoms with E-state index in [1.807, 2.05) is 0 Å². The highest BCUT2D eigenvalue weighted by Crippen LogP contribution is 2.31. The highest BCUT2D eigenvalue weighted by Gasteiger charge is 2.32. The fourth-order valence-corrected chi connectivity index (χ4v) is 2.16. The predicted molar refractivity (Wildman–Crippen MR) is 67.9 cm³/mol. The Bertz CT molecular complexity index is 444. The number of aromatic nitrogens is 2. The van der Waals surface area contributed by atoms with Gasteiger partial charge in [0.1, 0.15) is 0 Å². The Kier molecular flexibility index (Phi) is 3.73. The van der Waals surface area contributed by atoms with Crippen molar-refractivity contribution < 1.29 is 9.53 Å². The van der Waals surface area contributed by atoms with E-state index >= 15 is 0 Å². The summed E-state index contributed by atoms with van der Waals surface area (Å²) in [5.41, 5.74) is 0. The van der Waals surface area contributed by atoms with Gasteiger partial charge in [0.05, 0.1) is 13.3 Å². The molecule has 0 radical (unpaired) electrons. The van der Waals surface area contributed by atoms with Crippen molar-refractivity contribution in [3.8, 4) is 5.75 Å². The number of carbonyl (C=O) groups is 1. The standard InChI is InChI=1S/C10H12ClN3O2S/c1-16-7-3-12-10(11)13-9(7)14-4-6(5-17)2-8(14)15/h3,6,17H,2,4-5H2,1H3. The maximum absolute atomic E-state index is 11.9. The zero-order valence-corrected chi connectivity index (χ0v) is 10.9. The van der Waals surface area contributed by atoms with E-state index < -0.39 is 0 Å². The lowest BCUT2D eigenvalue weighted by molar-refractivity contribution is -0.117. The molecule has 1 unspecified atom stereocenters. The van der Waals surface area contributed by atoms with Gasteiger partial charge in [-0.3, -0.25) is 9.69 Å². The second-order valence-corrected chi connectivity index (χ2v) is 4.49. The summed E-state index contributed by atoms with van der Waals surface area (Å²) >= 11 is 9.95. The molecule has 92 valence electrons. The molecule has 5 nitrogen and oxygen atoms in total. The number of halogens is 1. The first-order chi connectivity index (χ1) is 8.15. The second kappa shape index (κ2) is 5.10. The number of carbonyl (C=O) groups excluding carboxylic acids is 1. The third kappa shape index (κ3) is 2.47. The minimum absolute atomic E-state index is 0.0112. The molecule has 1 aromatic heterocycles. The molecular formula is C10H12ClN3O2S. The molecule has 1 aromatic rings. The number of hydrogen-bond acceptors (Lipinski definition) is 5. The maximum atomic E-state index is 11.9. The predicted octanol–water partition coefficient (Wildman–Crippen LogP) is 1.42. The van der Waals surface area contributed by atoms with Crippen LogP contribution in [-0.4, -0.2) is 35.3 Å².